The van der Waals surface area contributed by atoms with Gasteiger partial charge in [-0.25, -0.2) is 4.98 Å². The van der Waals surface area contributed by atoms with E-state index < -0.39 is 0 Å². The highest BCUT2D eigenvalue weighted by atomic mass is 32.2. The molecule has 3 aromatic heterocycles. The van der Waals surface area contributed by atoms with E-state index in [4.69, 9.17) is 4.74 Å². The van der Waals surface area contributed by atoms with Gasteiger partial charge in [-0.1, -0.05) is 11.8 Å². The van der Waals surface area contributed by atoms with Gasteiger partial charge in [0.2, 0.25) is 5.91 Å². The maximum atomic E-state index is 12.3. The number of thiazole rings is 1. The lowest BCUT2D eigenvalue weighted by atomic mass is 10.3. The van der Waals surface area contributed by atoms with Crippen LogP contribution >= 0.6 is 23.1 Å². The average molecular weight is 449 g/mol. The summed E-state index contributed by atoms with van der Waals surface area (Å²) in [4.78, 5) is 28.1. The van der Waals surface area contributed by atoms with Crippen LogP contribution in [0.25, 0.3) is 0 Å². The Kier molecular flexibility index (Phi) is 7.63. The summed E-state index contributed by atoms with van der Waals surface area (Å²) in [5.74, 6) is 0.536. The Hall–Kier alpha value is -2.66. The van der Waals surface area contributed by atoms with Crippen molar-refractivity contribution < 1.29 is 14.3 Å². The van der Waals surface area contributed by atoms with Gasteiger partial charge in [0.15, 0.2) is 10.3 Å². The van der Waals surface area contributed by atoms with Crippen LogP contribution in [0.1, 0.15) is 31.1 Å². The number of carbonyl (C=O) groups excluding carboxylic acids is 2. The number of nitrogens with zero attached hydrogens (tertiary/aromatic N) is 5. The molecule has 0 aliphatic carbocycles. The Bertz CT molecular complexity index is 1010. The summed E-state index contributed by atoms with van der Waals surface area (Å²) in [5.41, 5.74) is 1.73. The molecule has 0 atom stereocenters. The molecule has 11 heteroatoms. The standard InChI is InChI=1S/C19H24N6O3S2/c1-4-25-15(10-14-7-6-8-24(14)3)22-23-19(25)30-12-16(26)21-18-20-13(11-29-18)9-17(27)28-5-2/h6-8,11H,4-5,9-10,12H2,1-3H3,(H,20,21,26). The molecule has 30 heavy (non-hydrogen) atoms. The van der Waals surface area contributed by atoms with Crippen molar-refractivity contribution in [3.05, 3.63) is 40.9 Å². The van der Waals surface area contributed by atoms with Crippen LogP contribution in [0.4, 0.5) is 5.13 Å². The second-order valence-corrected chi connectivity index (χ2v) is 8.19. The fourth-order valence-corrected chi connectivity index (χ4v) is 4.35. The number of aryl methyl sites for hydroxylation is 1. The van der Waals surface area contributed by atoms with Crippen LogP contribution < -0.4 is 5.32 Å². The molecule has 0 radical (unpaired) electrons. The molecule has 0 fully saturated rings. The lowest BCUT2D eigenvalue weighted by Crippen LogP contribution is -2.15. The monoisotopic (exact) mass is 448 g/mol. The van der Waals surface area contributed by atoms with E-state index in [0.29, 0.717) is 29.0 Å². The third kappa shape index (κ3) is 5.70. The van der Waals surface area contributed by atoms with Crippen LogP contribution in [0.5, 0.6) is 0 Å². The molecular weight excluding hydrogens is 424 g/mol. The molecule has 3 aromatic rings. The van der Waals surface area contributed by atoms with E-state index in [2.05, 4.69) is 31.1 Å². The Morgan fingerprint density at radius 3 is 2.83 bits per heavy atom. The minimum absolute atomic E-state index is 0.0957. The predicted octanol–water partition coefficient (Wildman–Crippen LogP) is 2.52. The lowest BCUT2D eigenvalue weighted by Gasteiger charge is -2.08. The van der Waals surface area contributed by atoms with Gasteiger partial charge in [0.25, 0.3) is 0 Å². The van der Waals surface area contributed by atoms with Crippen molar-refractivity contribution in [2.24, 2.45) is 7.05 Å². The first-order valence-corrected chi connectivity index (χ1v) is 11.4. The van der Waals surface area contributed by atoms with Gasteiger partial charge in [-0.2, -0.15) is 0 Å². The fourth-order valence-electron chi connectivity index (χ4n) is 2.81. The summed E-state index contributed by atoms with van der Waals surface area (Å²) < 4.78 is 8.98. The van der Waals surface area contributed by atoms with Gasteiger partial charge in [-0.3, -0.25) is 9.59 Å². The molecule has 3 rings (SSSR count). The first-order valence-electron chi connectivity index (χ1n) is 9.55. The summed E-state index contributed by atoms with van der Waals surface area (Å²) in [6.45, 7) is 4.84. The van der Waals surface area contributed by atoms with Gasteiger partial charge in [0, 0.05) is 37.3 Å². The van der Waals surface area contributed by atoms with Crippen molar-refractivity contribution in [1.29, 1.82) is 0 Å². The zero-order chi connectivity index (χ0) is 21.5. The van der Waals surface area contributed by atoms with Crippen LogP contribution in [0.15, 0.2) is 28.9 Å². The van der Waals surface area contributed by atoms with Gasteiger partial charge in [0.05, 0.1) is 24.5 Å². The highest BCUT2D eigenvalue weighted by Gasteiger charge is 2.15. The normalized spacial score (nSPS) is 10.9. The SMILES string of the molecule is CCOC(=O)Cc1csc(NC(=O)CSc2nnc(Cc3cccn3C)n2CC)n1. The number of thioether (sulfide) groups is 1. The molecule has 0 aliphatic heterocycles. The number of rotatable bonds is 10. The number of nitrogens with one attached hydrogen (secondary N) is 1. The minimum atomic E-state index is -0.332. The van der Waals surface area contributed by atoms with Crippen molar-refractivity contribution in [3.8, 4) is 0 Å². The van der Waals surface area contributed by atoms with E-state index in [0.717, 1.165) is 18.1 Å². The molecule has 1 N–H and O–H groups in total. The highest BCUT2D eigenvalue weighted by molar-refractivity contribution is 7.99. The first kappa shape index (κ1) is 22.0. The third-order valence-corrected chi connectivity index (χ3v) is 6.03. The maximum Gasteiger partial charge on any atom is 0.311 e. The lowest BCUT2D eigenvalue weighted by molar-refractivity contribution is -0.142. The number of esters is 1. The van der Waals surface area contributed by atoms with Crippen molar-refractivity contribution in [3.63, 3.8) is 0 Å². The molecule has 0 bridgehead atoms. The molecule has 0 aromatic carbocycles. The van der Waals surface area contributed by atoms with Crippen LogP contribution in [0.3, 0.4) is 0 Å². The number of amides is 1. The molecule has 0 unspecified atom stereocenters. The van der Waals surface area contributed by atoms with E-state index in [-0.39, 0.29) is 24.1 Å². The molecule has 1 amide bonds. The summed E-state index contributed by atoms with van der Waals surface area (Å²) in [6.07, 6.45) is 2.77. The molecule has 9 nitrogen and oxygen atoms in total. The zero-order valence-electron chi connectivity index (χ0n) is 17.1. The minimum Gasteiger partial charge on any atom is -0.466 e. The first-order chi connectivity index (χ1) is 14.5. The summed E-state index contributed by atoms with van der Waals surface area (Å²) in [6, 6.07) is 4.05. The number of hydrogen-bond donors (Lipinski definition) is 1. The van der Waals surface area contributed by atoms with Crippen molar-refractivity contribution >= 4 is 40.1 Å². The van der Waals surface area contributed by atoms with E-state index in [1.54, 1.807) is 12.3 Å². The smallest absolute Gasteiger partial charge is 0.311 e. The topological polar surface area (TPSA) is 104 Å². The number of carbonyl (C=O) groups is 2. The summed E-state index contributed by atoms with van der Waals surface area (Å²) in [5, 5.41) is 14.2. The average Bonchev–Trinajstić information content (AvgIpc) is 3.42. The zero-order valence-corrected chi connectivity index (χ0v) is 18.8. The second kappa shape index (κ2) is 10.4. The second-order valence-electron chi connectivity index (χ2n) is 6.39. The van der Waals surface area contributed by atoms with Crippen molar-refractivity contribution in [2.45, 2.75) is 38.4 Å². The van der Waals surface area contributed by atoms with E-state index in [1.165, 1.54) is 23.1 Å². The number of hydrogen-bond acceptors (Lipinski definition) is 8. The molecular formula is C19H24N6O3S2. The van der Waals surface area contributed by atoms with E-state index in [1.807, 2.05) is 30.8 Å². The molecule has 0 spiro atoms. The highest BCUT2D eigenvalue weighted by Crippen LogP contribution is 2.21. The third-order valence-electron chi connectivity index (χ3n) is 4.26. The van der Waals surface area contributed by atoms with Gasteiger partial charge >= 0.3 is 5.97 Å². The molecule has 0 saturated heterocycles. The Morgan fingerprint density at radius 2 is 2.13 bits per heavy atom. The largest absolute Gasteiger partial charge is 0.466 e. The molecule has 3 heterocycles. The molecule has 160 valence electrons. The Balaban J connectivity index is 1.54. The number of ether oxygens (including phenoxy) is 1. The van der Waals surface area contributed by atoms with E-state index in [9.17, 15) is 9.59 Å². The van der Waals surface area contributed by atoms with Crippen molar-refractivity contribution in [1.82, 2.24) is 24.3 Å². The van der Waals surface area contributed by atoms with Gasteiger partial charge in [0.1, 0.15) is 5.82 Å². The maximum absolute atomic E-state index is 12.3. The number of aromatic nitrogens is 5. The van der Waals surface area contributed by atoms with Gasteiger partial charge in [-0.15, -0.1) is 21.5 Å². The van der Waals surface area contributed by atoms with Gasteiger partial charge < -0.3 is 19.2 Å². The molecule has 0 aliphatic rings. The van der Waals surface area contributed by atoms with Crippen LogP contribution in [-0.4, -0.2) is 48.6 Å². The molecule has 0 saturated carbocycles. The summed E-state index contributed by atoms with van der Waals surface area (Å²) >= 11 is 2.61. The van der Waals surface area contributed by atoms with Crippen LogP contribution in [0, 0.1) is 0 Å². The van der Waals surface area contributed by atoms with Gasteiger partial charge in [-0.05, 0) is 26.0 Å². The van der Waals surface area contributed by atoms with Crippen LogP contribution in [0.2, 0.25) is 0 Å². The fraction of sp³-hybridized carbons (Fsp3) is 0.421. The predicted molar refractivity (Wildman–Crippen MR) is 116 cm³/mol. The quantitative estimate of drug-likeness (QED) is 0.375. The number of anilines is 1. The Morgan fingerprint density at radius 1 is 1.30 bits per heavy atom. The van der Waals surface area contributed by atoms with Crippen LogP contribution in [-0.2, 0) is 40.8 Å². The van der Waals surface area contributed by atoms with E-state index >= 15 is 0 Å². The Labute approximate surface area is 182 Å². The summed E-state index contributed by atoms with van der Waals surface area (Å²) in [7, 11) is 2.00. The van der Waals surface area contributed by atoms with Crippen molar-refractivity contribution in [2.75, 3.05) is 17.7 Å².